The van der Waals surface area contributed by atoms with Crippen molar-refractivity contribution in [2.75, 3.05) is 33.7 Å². The lowest BCUT2D eigenvalue weighted by atomic mass is 9.96. The molecule has 1 aromatic carbocycles. The van der Waals surface area contributed by atoms with Crippen molar-refractivity contribution in [3.63, 3.8) is 0 Å². The molecule has 26 heavy (non-hydrogen) atoms. The van der Waals surface area contributed by atoms with Gasteiger partial charge in [-0.1, -0.05) is 0 Å². The third kappa shape index (κ3) is 4.09. The number of nitrogens with zero attached hydrogens (tertiary/aromatic N) is 4. The van der Waals surface area contributed by atoms with Crippen molar-refractivity contribution < 1.29 is 13.6 Å². The number of carbonyl (C=O) groups excluding carboxylic acids is 1. The van der Waals surface area contributed by atoms with E-state index < -0.39 is 17.5 Å². The van der Waals surface area contributed by atoms with Crippen LogP contribution in [0.3, 0.4) is 0 Å². The highest BCUT2D eigenvalue weighted by molar-refractivity contribution is 5.94. The number of piperidine rings is 1. The molecule has 0 aliphatic carbocycles. The van der Waals surface area contributed by atoms with E-state index in [4.69, 9.17) is 0 Å². The molecule has 1 atom stereocenters. The van der Waals surface area contributed by atoms with Crippen LogP contribution in [-0.2, 0) is 6.54 Å². The number of benzene rings is 1. The van der Waals surface area contributed by atoms with Crippen molar-refractivity contribution in [2.24, 2.45) is 0 Å². The van der Waals surface area contributed by atoms with Crippen molar-refractivity contribution in [3.05, 3.63) is 53.6 Å². The molecule has 0 spiro atoms. The van der Waals surface area contributed by atoms with Gasteiger partial charge in [-0.3, -0.25) is 4.79 Å². The van der Waals surface area contributed by atoms with Crippen molar-refractivity contribution in [1.29, 1.82) is 0 Å². The van der Waals surface area contributed by atoms with E-state index in [0.717, 1.165) is 50.0 Å². The summed E-state index contributed by atoms with van der Waals surface area (Å²) < 4.78 is 29.5. The van der Waals surface area contributed by atoms with Gasteiger partial charge in [-0.05, 0) is 45.1 Å². The summed E-state index contributed by atoms with van der Waals surface area (Å²) in [5.74, 6) is -0.711. The Morgan fingerprint density at radius 1 is 1.35 bits per heavy atom. The molecule has 1 amide bonds. The molecule has 1 aliphatic rings. The van der Waals surface area contributed by atoms with Gasteiger partial charge in [-0.25, -0.2) is 13.8 Å². The summed E-state index contributed by atoms with van der Waals surface area (Å²) >= 11 is 0. The molecular weight excluding hydrogens is 338 g/mol. The summed E-state index contributed by atoms with van der Waals surface area (Å²) in [6.07, 6.45) is 5.46. The number of hydrogen-bond acceptors (Lipinski definition) is 3. The zero-order valence-corrected chi connectivity index (χ0v) is 15.2. The number of hydrogen-bond donors (Lipinski definition) is 0. The van der Waals surface area contributed by atoms with Crippen molar-refractivity contribution in [3.8, 4) is 0 Å². The molecule has 0 radical (unpaired) electrons. The van der Waals surface area contributed by atoms with Gasteiger partial charge in [-0.2, -0.15) is 0 Å². The van der Waals surface area contributed by atoms with Gasteiger partial charge in [0.25, 0.3) is 5.91 Å². The third-order valence-electron chi connectivity index (χ3n) is 4.77. The predicted molar refractivity (Wildman–Crippen MR) is 95.0 cm³/mol. The van der Waals surface area contributed by atoms with Crippen LogP contribution in [0.15, 0.2) is 30.6 Å². The average molecular weight is 362 g/mol. The first-order valence-electron chi connectivity index (χ1n) is 8.86. The van der Waals surface area contributed by atoms with Crippen molar-refractivity contribution in [2.45, 2.75) is 25.3 Å². The van der Waals surface area contributed by atoms with Crippen LogP contribution in [0.4, 0.5) is 8.78 Å². The molecule has 1 aliphatic heterocycles. The minimum absolute atomic E-state index is 0.0986. The van der Waals surface area contributed by atoms with Crippen LogP contribution in [0.2, 0.25) is 0 Å². The summed E-state index contributed by atoms with van der Waals surface area (Å²) in [6.45, 7) is 2.73. The van der Waals surface area contributed by atoms with E-state index in [1.165, 1.54) is 0 Å². The van der Waals surface area contributed by atoms with Crippen LogP contribution in [0, 0.1) is 11.6 Å². The topological polar surface area (TPSA) is 41.4 Å². The number of likely N-dealkylation sites (tertiary alicyclic amines) is 1. The highest BCUT2D eigenvalue weighted by Crippen LogP contribution is 2.27. The fourth-order valence-corrected chi connectivity index (χ4v) is 3.38. The number of aromatic nitrogens is 2. The van der Waals surface area contributed by atoms with E-state index in [9.17, 15) is 13.6 Å². The second-order valence-corrected chi connectivity index (χ2v) is 7.00. The van der Waals surface area contributed by atoms with Gasteiger partial charge in [0, 0.05) is 44.5 Å². The number of carbonyl (C=O) groups is 1. The number of likely N-dealkylation sites (N-methyl/N-ethyl adjacent to an activating group) is 1. The highest BCUT2D eigenvalue weighted by Gasteiger charge is 2.29. The number of amides is 1. The van der Waals surface area contributed by atoms with Crippen LogP contribution in [-0.4, -0.2) is 59.0 Å². The van der Waals surface area contributed by atoms with Crippen molar-refractivity contribution in [1.82, 2.24) is 19.4 Å². The highest BCUT2D eigenvalue weighted by atomic mass is 19.1. The molecule has 0 bridgehead atoms. The molecular formula is C19H24F2N4O. The summed E-state index contributed by atoms with van der Waals surface area (Å²) in [4.78, 5) is 20.9. The molecule has 5 nitrogen and oxygen atoms in total. The predicted octanol–water partition coefficient (Wildman–Crippen LogP) is 2.74. The molecule has 1 aromatic heterocycles. The van der Waals surface area contributed by atoms with Crippen LogP contribution < -0.4 is 0 Å². The van der Waals surface area contributed by atoms with Gasteiger partial charge in [0.05, 0.1) is 5.56 Å². The lowest BCUT2D eigenvalue weighted by Gasteiger charge is -2.33. The van der Waals surface area contributed by atoms with Crippen LogP contribution >= 0.6 is 0 Å². The van der Waals surface area contributed by atoms with Gasteiger partial charge < -0.3 is 14.4 Å². The lowest BCUT2D eigenvalue weighted by molar-refractivity contribution is 0.0698. The van der Waals surface area contributed by atoms with Crippen molar-refractivity contribution >= 4 is 5.91 Å². The Morgan fingerprint density at radius 2 is 2.15 bits per heavy atom. The molecule has 0 N–H and O–H groups in total. The first kappa shape index (κ1) is 18.5. The number of rotatable bonds is 5. The summed E-state index contributed by atoms with van der Waals surface area (Å²) in [6, 6.07) is 2.99. The smallest absolute Gasteiger partial charge is 0.256 e. The second-order valence-electron chi connectivity index (χ2n) is 7.00. The second kappa shape index (κ2) is 7.95. The first-order valence-corrected chi connectivity index (χ1v) is 8.86. The Bertz CT molecular complexity index is 775. The summed E-state index contributed by atoms with van der Waals surface area (Å²) in [5.41, 5.74) is -0.207. The fraction of sp³-hybridized carbons (Fsp3) is 0.474. The first-order chi connectivity index (χ1) is 12.5. The van der Waals surface area contributed by atoms with E-state index in [-0.39, 0.29) is 11.5 Å². The Balaban J connectivity index is 1.75. The molecule has 1 saturated heterocycles. The van der Waals surface area contributed by atoms with E-state index in [1.807, 2.05) is 20.3 Å². The Hall–Kier alpha value is -2.28. The number of halogens is 2. The molecule has 7 heteroatoms. The third-order valence-corrected chi connectivity index (χ3v) is 4.77. The standard InChI is InChI=1S/C19H24F2N4O/c1-23(2)10-11-24-9-7-22-18(24)14-4-3-8-25(13-14)19(26)16-12-15(20)5-6-17(16)21/h5-7,9,12,14H,3-4,8,10-11,13H2,1-2H3/t14-/m0/s1. The minimum Gasteiger partial charge on any atom is -0.338 e. The molecule has 3 rings (SSSR count). The van der Waals surface area contributed by atoms with Crippen LogP contribution in [0.25, 0.3) is 0 Å². The van der Waals surface area contributed by atoms with Gasteiger partial charge in [-0.15, -0.1) is 0 Å². The van der Waals surface area contributed by atoms with Gasteiger partial charge in [0.15, 0.2) is 0 Å². The van der Waals surface area contributed by atoms with E-state index in [0.29, 0.717) is 13.1 Å². The largest absolute Gasteiger partial charge is 0.338 e. The zero-order chi connectivity index (χ0) is 18.7. The van der Waals surface area contributed by atoms with E-state index in [1.54, 1.807) is 11.1 Å². The van der Waals surface area contributed by atoms with Crippen LogP contribution in [0.5, 0.6) is 0 Å². The molecule has 2 aromatic rings. The van der Waals surface area contributed by atoms with Gasteiger partial charge in [0.2, 0.25) is 0 Å². The minimum atomic E-state index is -0.689. The maximum absolute atomic E-state index is 14.0. The van der Waals surface area contributed by atoms with E-state index >= 15 is 0 Å². The normalized spacial score (nSPS) is 17.7. The maximum Gasteiger partial charge on any atom is 0.256 e. The zero-order valence-electron chi connectivity index (χ0n) is 15.2. The fourth-order valence-electron chi connectivity index (χ4n) is 3.38. The quantitative estimate of drug-likeness (QED) is 0.821. The summed E-state index contributed by atoms with van der Waals surface area (Å²) in [5, 5.41) is 0. The van der Waals surface area contributed by atoms with Gasteiger partial charge >= 0.3 is 0 Å². The number of imidazole rings is 1. The molecule has 140 valence electrons. The average Bonchev–Trinajstić information content (AvgIpc) is 3.10. The SMILES string of the molecule is CN(C)CCn1ccnc1[C@H]1CCCN(C(=O)c2cc(F)ccc2F)C1. The van der Waals surface area contributed by atoms with Gasteiger partial charge in [0.1, 0.15) is 17.5 Å². The lowest BCUT2D eigenvalue weighted by Crippen LogP contribution is -2.40. The molecule has 0 unspecified atom stereocenters. The Kier molecular flexibility index (Phi) is 5.66. The maximum atomic E-state index is 14.0. The molecule has 2 heterocycles. The monoisotopic (exact) mass is 362 g/mol. The molecule has 1 fully saturated rings. The Morgan fingerprint density at radius 3 is 2.92 bits per heavy atom. The molecule has 0 saturated carbocycles. The summed E-state index contributed by atoms with van der Waals surface area (Å²) in [7, 11) is 4.04. The van der Waals surface area contributed by atoms with Crippen LogP contribution in [0.1, 0.15) is 34.9 Å². The van der Waals surface area contributed by atoms with E-state index in [2.05, 4.69) is 14.5 Å². The Labute approximate surface area is 152 Å².